The lowest BCUT2D eigenvalue weighted by molar-refractivity contribution is 0.0706. The van der Waals surface area contributed by atoms with E-state index in [2.05, 4.69) is 6.58 Å². The lowest BCUT2D eigenvalue weighted by Crippen LogP contribution is -2.18. The zero-order valence-electron chi connectivity index (χ0n) is 7.67. The first-order valence-electron chi connectivity index (χ1n) is 3.93. The summed E-state index contributed by atoms with van der Waals surface area (Å²) in [6, 6.07) is 5.12. The van der Waals surface area contributed by atoms with E-state index in [4.69, 9.17) is 5.21 Å². The van der Waals surface area contributed by atoms with E-state index in [-0.39, 0.29) is 10.5 Å². The Morgan fingerprint density at radius 1 is 1.33 bits per heavy atom. The highest BCUT2D eigenvalue weighted by Gasteiger charge is 2.10. The summed E-state index contributed by atoms with van der Waals surface area (Å²) in [5, 5.41) is 9.16. The molecule has 1 rings (SSSR count). The van der Waals surface area contributed by atoms with E-state index >= 15 is 0 Å². The van der Waals surface area contributed by atoms with Crippen LogP contribution in [0.4, 0.5) is 0 Å². The summed E-state index contributed by atoms with van der Waals surface area (Å²) in [7, 11) is -3.48. The molecular weight excluding hydrogens is 218 g/mol. The SMILES string of the molecule is C=CS(=O)(=O)c1ccc(C(=O)NO)cc1. The van der Waals surface area contributed by atoms with Crippen LogP contribution in [0.25, 0.3) is 0 Å². The zero-order chi connectivity index (χ0) is 11.5. The maximum absolute atomic E-state index is 11.3. The van der Waals surface area contributed by atoms with Gasteiger partial charge in [-0.2, -0.15) is 0 Å². The third-order valence-corrected chi connectivity index (χ3v) is 3.13. The van der Waals surface area contributed by atoms with Crippen LogP contribution in [-0.4, -0.2) is 19.5 Å². The highest BCUT2D eigenvalue weighted by atomic mass is 32.2. The van der Waals surface area contributed by atoms with Crippen LogP contribution in [-0.2, 0) is 9.84 Å². The number of amides is 1. The van der Waals surface area contributed by atoms with E-state index in [1.165, 1.54) is 29.7 Å². The maximum atomic E-state index is 11.3. The molecule has 1 aromatic rings. The fourth-order valence-corrected chi connectivity index (χ4v) is 1.66. The molecule has 0 aliphatic carbocycles. The molecule has 80 valence electrons. The second kappa shape index (κ2) is 4.24. The van der Waals surface area contributed by atoms with Gasteiger partial charge in [0, 0.05) is 11.0 Å². The minimum Gasteiger partial charge on any atom is -0.288 e. The number of carbonyl (C=O) groups is 1. The van der Waals surface area contributed by atoms with Crippen LogP contribution in [0.15, 0.2) is 41.1 Å². The Hall–Kier alpha value is -1.66. The predicted molar refractivity (Wildman–Crippen MR) is 53.1 cm³/mol. The van der Waals surface area contributed by atoms with Gasteiger partial charge in [-0.15, -0.1) is 0 Å². The highest BCUT2D eigenvalue weighted by Crippen LogP contribution is 2.12. The second-order valence-electron chi connectivity index (χ2n) is 2.68. The molecular formula is C9H9NO4S. The minimum atomic E-state index is -3.48. The number of hydrogen-bond donors (Lipinski definition) is 2. The molecule has 6 heteroatoms. The van der Waals surface area contributed by atoms with E-state index in [0.29, 0.717) is 0 Å². The van der Waals surface area contributed by atoms with E-state index in [0.717, 1.165) is 5.41 Å². The average Bonchev–Trinajstić information content (AvgIpc) is 2.28. The Morgan fingerprint density at radius 3 is 2.27 bits per heavy atom. The Bertz CT molecular complexity index is 475. The zero-order valence-corrected chi connectivity index (χ0v) is 8.49. The van der Waals surface area contributed by atoms with Crippen molar-refractivity contribution >= 4 is 15.7 Å². The third-order valence-electron chi connectivity index (χ3n) is 1.77. The average molecular weight is 227 g/mol. The standard InChI is InChI=1S/C9H9NO4S/c1-2-15(13,14)8-5-3-7(4-6-8)9(11)10-12/h2-6,12H,1H2,(H,10,11). The first-order valence-corrected chi connectivity index (χ1v) is 5.48. The fourth-order valence-electron chi connectivity index (χ4n) is 0.957. The van der Waals surface area contributed by atoms with Gasteiger partial charge in [-0.05, 0) is 24.3 Å². The molecule has 0 aliphatic heterocycles. The summed E-state index contributed by atoms with van der Waals surface area (Å²) < 4.78 is 22.6. The summed E-state index contributed by atoms with van der Waals surface area (Å²) in [4.78, 5) is 11.0. The van der Waals surface area contributed by atoms with Crippen molar-refractivity contribution < 1.29 is 18.4 Å². The Labute approximate surface area is 86.9 Å². The van der Waals surface area contributed by atoms with Crippen molar-refractivity contribution in [1.29, 1.82) is 0 Å². The molecule has 0 heterocycles. The van der Waals surface area contributed by atoms with Gasteiger partial charge in [-0.1, -0.05) is 6.58 Å². The summed E-state index contributed by atoms with van der Waals surface area (Å²) in [5.74, 6) is -0.697. The van der Waals surface area contributed by atoms with Crippen molar-refractivity contribution in [2.45, 2.75) is 4.90 Å². The molecule has 2 N–H and O–H groups in total. The molecule has 1 aromatic carbocycles. The first kappa shape index (κ1) is 11.4. The summed E-state index contributed by atoms with van der Waals surface area (Å²) in [6.07, 6.45) is 0. The molecule has 0 saturated carbocycles. The molecule has 0 fully saturated rings. The molecule has 0 atom stereocenters. The summed E-state index contributed by atoms with van der Waals surface area (Å²) in [6.45, 7) is 3.18. The maximum Gasteiger partial charge on any atom is 0.274 e. The monoisotopic (exact) mass is 227 g/mol. The fraction of sp³-hybridized carbons (Fsp3) is 0. The second-order valence-corrected chi connectivity index (χ2v) is 4.57. The van der Waals surface area contributed by atoms with Crippen LogP contribution in [0.5, 0.6) is 0 Å². The largest absolute Gasteiger partial charge is 0.288 e. The van der Waals surface area contributed by atoms with Crippen molar-refractivity contribution in [1.82, 2.24) is 5.48 Å². The Kier molecular flexibility index (Phi) is 3.23. The number of hydroxylamine groups is 1. The van der Waals surface area contributed by atoms with Crippen LogP contribution in [0.2, 0.25) is 0 Å². The lowest BCUT2D eigenvalue weighted by Gasteiger charge is -2.00. The van der Waals surface area contributed by atoms with Crippen molar-refractivity contribution in [3.8, 4) is 0 Å². The molecule has 0 saturated heterocycles. The molecule has 0 bridgehead atoms. The molecule has 0 aromatic heterocycles. The molecule has 0 spiro atoms. The Morgan fingerprint density at radius 2 is 1.87 bits per heavy atom. The number of hydrogen-bond acceptors (Lipinski definition) is 4. The van der Waals surface area contributed by atoms with Gasteiger partial charge < -0.3 is 0 Å². The van der Waals surface area contributed by atoms with Crippen molar-refractivity contribution in [2.75, 3.05) is 0 Å². The van der Waals surface area contributed by atoms with Gasteiger partial charge in [-0.25, -0.2) is 13.9 Å². The van der Waals surface area contributed by atoms with Crippen molar-refractivity contribution in [3.63, 3.8) is 0 Å². The molecule has 5 nitrogen and oxygen atoms in total. The van der Waals surface area contributed by atoms with E-state index in [9.17, 15) is 13.2 Å². The topological polar surface area (TPSA) is 83.5 Å². The smallest absolute Gasteiger partial charge is 0.274 e. The van der Waals surface area contributed by atoms with Gasteiger partial charge in [0.25, 0.3) is 5.91 Å². The number of benzene rings is 1. The van der Waals surface area contributed by atoms with Crippen LogP contribution in [0.1, 0.15) is 10.4 Å². The van der Waals surface area contributed by atoms with E-state index in [1.54, 1.807) is 0 Å². The van der Waals surface area contributed by atoms with Gasteiger partial charge in [0.1, 0.15) is 0 Å². The van der Waals surface area contributed by atoms with E-state index in [1.807, 2.05) is 0 Å². The number of nitrogens with one attached hydrogen (secondary N) is 1. The number of rotatable bonds is 3. The normalized spacial score (nSPS) is 10.7. The van der Waals surface area contributed by atoms with Gasteiger partial charge in [0.05, 0.1) is 4.90 Å². The molecule has 0 radical (unpaired) electrons. The Balaban J connectivity index is 3.11. The first-order chi connectivity index (χ1) is 7.01. The minimum absolute atomic E-state index is 0.0481. The predicted octanol–water partition coefficient (Wildman–Crippen LogP) is 0.723. The molecule has 15 heavy (non-hydrogen) atoms. The molecule has 0 aliphatic rings. The van der Waals surface area contributed by atoms with Crippen molar-refractivity contribution in [3.05, 3.63) is 41.8 Å². The molecule has 1 amide bonds. The summed E-state index contributed by atoms with van der Waals surface area (Å²) >= 11 is 0. The number of carbonyl (C=O) groups excluding carboxylic acids is 1. The van der Waals surface area contributed by atoms with Crippen molar-refractivity contribution in [2.24, 2.45) is 0 Å². The number of sulfone groups is 1. The van der Waals surface area contributed by atoms with Gasteiger partial charge in [-0.3, -0.25) is 10.0 Å². The van der Waals surface area contributed by atoms with Gasteiger partial charge in [0.15, 0.2) is 9.84 Å². The van der Waals surface area contributed by atoms with Gasteiger partial charge in [0.2, 0.25) is 0 Å². The quantitative estimate of drug-likeness (QED) is 0.588. The lowest BCUT2D eigenvalue weighted by atomic mass is 10.2. The van der Waals surface area contributed by atoms with Crippen LogP contribution in [0, 0.1) is 0 Å². The molecule has 0 unspecified atom stereocenters. The highest BCUT2D eigenvalue weighted by molar-refractivity contribution is 7.94. The van der Waals surface area contributed by atoms with Gasteiger partial charge >= 0.3 is 0 Å². The van der Waals surface area contributed by atoms with Crippen LogP contribution in [0.3, 0.4) is 0 Å². The van der Waals surface area contributed by atoms with Crippen LogP contribution < -0.4 is 5.48 Å². The van der Waals surface area contributed by atoms with Crippen LogP contribution >= 0.6 is 0 Å². The summed E-state index contributed by atoms with van der Waals surface area (Å²) in [5.41, 5.74) is 1.61. The van der Waals surface area contributed by atoms with E-state index < -0.39 is 15.7 Å². The third kappa shape index (κ3) is 2.42.